The Balaban J connectivity index is 2.29. The van der Waals surface area contributed by atoms with Gasteiger partial charge in [0.05, 0.1) is 10.0 Å². The molecule has 5 heteroatoms. The number of halogens is 2. The predicted molar refractivity (Wildman–Crippen MR) is 79.2 cm³/mol. The number of likely N-dealkylation sites (N-methyl/N-ethyl adjacent to an activating group) is 1. The van der Waals surface area contributed by atoms with E-state index >= 15 is 0 Å². The summed E-state index contributed by atoms with van der Waals surface area (Å²) in [6, 6.07) is 3.72. The van der Waals surface area contributed by atoms with Crippen LogP contribution in [0.15, 0.2) is 12.1 Å². The zero-order chi connectivity index (χ0) is 14.0. The Labute approximate surface area is 123 Å². The largest absolute Gasteiger partial charge is 0.335 e. The van der Waals surface area contributed by atoms with Crippen LogP contribution in [0.2, 0.25) is 10.0 Å². The molecule has 1 aromatic carbocycles. The second kappa shape index (κ2) is 6.12. The summed E-state index contributed by atoms with van der Waals surface area (Å²) >= 11 is 12.1. The summed E-state index contributed by atoms with van der Waals surface area (Å²) in [7, 11) is 0. The Morgan fingerprint density at radius 2 is 2.21 bits per heavy atom. The van der Waals surface area contributed by atoms with Gasteiger partial charge in [-0.3, -0.25) is 4.79 Å². The van der Waals surface area contributed by atoms with Crippen LogP contribution in [-0.4, -0.2) is 36.5 Å². The zero-order valence-electron chi connectivity index (χ0n) is 11.2. The van der Waals surface area contributed by atoms with Crippen LogP contribution in [0.1, 0.15) is 29.3 Å². The maximum atomic E-state index is 12.6. The van der Waals surface area contributed by atoms with Crippen molar-refractivity contribution in [2.45, 2.75) is 26.3 Å². The van der Waals surface area contributed by atoms with Crippen molar-refractivity contribution in [3.05, 3.63) is 33.3 Å². The van der Waals surface area contributed by atoms with Crippen LogP contribution < -0.4 is 5.32 Å². The number of benzene rings is 1. The molecule has 0 spiro atoms. The van der Waals surface area contributed by atoms with Gasteiger partial charge in [0.25, 0.3) is 5.91 Å². The van der Waals surface area contributed by atoms with Crippen molar-refractivity contribution in [3.8, 4) is 0 Å². The molecule has 0 bridgehead atoms. The van der Waals surface area contributed by atoms with E-state index in [1.54, 1.807) is 12.1 Å². The van der Waals surface area contributed by atoms with Gasteiger partial charge in [-0.25, -0.2) is 0 Å². The van der Waals surface area contributed by atoms with E-state index in [0.29, 0.717) is 22.2 Å². The van der Waals surface area contributed by atoms with Gasteiger partial charge in [0.2, 0.25) is 0 Å². The highest BCUT2D eigenvalue weighted by Gasteiger charge is 2.27. The Kier molecular flexibility index (Phi) is 4.71. The van der Waals surface area contributed by atoms with Crippen molar-refractivity contribution in [3.63, 3.8) is 0 Å². The van der Waals surface area contributed by atoms with Gasteiger partial charge in [-0.05, 0) is 44.5 Å². The normalized spacial score (nSPS) is 18.6. The molecule has 1 amide bonds. The topological polar surface area (TPSA) is 32.3 Å². The number of hydrogen-bond acceptors (Lipinski definition) is 2. The van der Waals surface area contributed by atoms with E-state index in [1.807, 2.05) is 18.7 Å². The highest BCUT2D eigenvalue weighted by atomic mass is 35.5. The molecule has 2 rings (SSSR count). The molecule has 1 aliphatic rings. The Morgan fingerprint density at radius 1 is 1.47 bits per heavy atom. The Bertz CT molecular complexity index is 485. The molecule has 1 atom stereocenters. The average molecular weight is 301 g/mol. The first kappa shape index (κ1) is 14.6. The lowest BCUT2D eigenvalue weighted by molar-refractivity contribution is 0.0703. The number of nitrogens with zero attached hydrogens (tertiary/aromatic N) is 1. The standard InChI is InChI=1S/C14H18Cl2N2O/c1-3-18(10-6-7-17-8-10)14(19)11-4-5-12(15)13(16)9(11)2/h4-5,10,17H,3,6-8H2,1-2H3/t10-/m1/s1. The number of amides is 1. The quantitative estimate of drug-likeness (QED) is 0.930. The molecule has 0 unspecified atom stereocenters. The van der Waals surface area contributed by atoms with Gasteiger partial charge in [0.15, 0.2) is 0 Å². The van der Waals surface area contributed by atoms with Crippen LogP contribution in [0.3, 0.4) is 0 Å². The highest BCUT2D eigenvalue weighted by molar-refractivity contribution is 6.42. The van der Waals surface area contributed by atoms with E-state index in [0.717, 1.165) is 25.1 Å². The molecule has 0 aliphatic carbocycles. The number of carbonyl (C=O) groups excluding carboxylic acids is 1. The van der Waals surface area contributed by atoms with E-state index in [4.69, 9.17) is 23.2 Å². The van der Waals surface area contributed by atoms with E-state index in [2.05, 4.69) is 5.32 Å². The second-order valence-corrected chi connectivity index (χ2v) is 5.56. The van der Waals surface area contributed by atoms with Gasteiger partial charge in [-0.15, -0.1) is 0 Å². The number of nitrogens with one attached hydrogen (secondary N) is 1. The lowest BCUT2D eigenvalue weighted by atomic mass is 10.1. The third kappa shape index (κ3) is 2.88. The minimum absolute atomic E-state index is 0.0345. The van der Waals surface area contributed by atoms with Crippen molar-refractivity contribution in [1.29, 1.82) is 0 Å². The molecule has 104 valence electrons. The third-order valence-corrected chi connectivity index (χ3v) is 4.55. The number of carbonyl (C=O) groups is 1. The fourth-order valence-corrected chi connectivity index (χ4v) is 2.88. The molecular formula is C14H18Cl2N2O. The molecule has 1 aromatic rings. The SMILES string of the molecule is CCN(C(=O)c1ccc(Cl)c(Cl)c1C)[C@@H]1CCNC1. The summed E-state index contributed by atoms with van der Waals surface area (Å²) in [6.45, 7) is 6.37. The van der Waals surface area contributed by atoms with Crippen LogP contribution in [0.25, 0.3) is 0 Å². The van der Waals surface area contributed by atoms with Crippen LogP contribution in [0, 0.1) is 6.92 Å². The summed E-state index contributed by atoms with van der Waals surface area (Å²) < 4.78 is 0. The van der Waals surface area contributed by atoms with E-state index in [9.17, 15) is 4.79 Å². The Morgan fingerprint density at radius 3 is 2.79 bits per heavy atom. The second-order valence-electron chi connectivity index (χ2n) is 4.77. The minimum atomic E-state index is 0.0345. The molecule has 0 aromatic heterocycles. The lowest BCUT2D eigenvalue weighted by Crippen LogP contribution is -2.41. The fraction of sp³-hybridized carbons (Fsp3) is 0.500. The smallest absolute Gasteiger partial charge is 0.254 e. The van der Waals surface area contributed by atoms with Crippen LogP contribution in [0.5, 0.6) is 0 Å². The van der Waals surface area contributed by atoms with Gasteiger partial charge < -0.3 is 10.2 Å². The van der Waals surface area contributed by atoms with E-state index in [1.165, 1.54) is 0 Å². The highest BCUT2D eigenvalue weighted by Crippen LogP contribution is 2.29. The summed E-state index contributed by atoms with van der Waals surface area (Å²) in [5.74, 6) is 0.0345. The third-order valence-electron chi connectivity index (χ3n) is 3.65. The molecular weight excluding hydrogens is 283 g/mol. The molecule has 1 N–H and O–H groups in total. The molecule has 1 saturated heterocycles. The van der Waals surface area contributed by atoms with Crippen LogP contribution in [-0.2, 0) is 0 Å². The first-order chi connectivity index (χ1) is 9.06. The minimum Gasteiger partial charge on any atom is -0.335 e. The average Bonchev–Trinajstić information content (AvgIpc) is 2.91. The van der Waals surface area contributed by atoms with Crippen LogP contribution >= 0.6 is 23.2 Å². The van der Waals surface area contributed by atoms with Crippen molar-refractivity contribution >= 4 is 29.1 Å². The van der Waals surface area contributed by atoms with E-state index in [-0.39, 0.29) is 11.9 Å². The van der Waals surface area contributed by atoms with Crippen molar-refractivity contribution in [2.24, 2.45) is 0 Å². The molecule has 0 saturated carbocycles. The first-order valence-electron chi connectivity index (χ1n) is 6.52. The Hall–Kier alpha value is -0.770. The molecule has 0 radical (unpaired) electrons. The number of hydrogen-bond donors (Lipinski definition) is 1. The summed E-state index contributed by atoms with van der Waals surface area (Å²) in [5.41, 5.74) is 1.40. The van der Waals surface area contributed by atoms with E-state index < -0.39 is 0 Å². The van der Waals surface area contributed by atoms with Gasteiger partial charge in [-0.1, -0.05) is 23.2 Å². The molecule has 3 nitrogen and oxygen atoms in total. The molecule has 1 aliphatic heterocycles. The molecule has 19 heavy (non-hydrogen) atoms. The van der Waals surface area contributed by atoms with Gasteiger partial charge in [0, 0.05) is 24.7 Å². The lowest BCUT2D eigenvalue weighted by Gasteiger charge is -2.28. The van der Waals surface area contributed by atoms with Crippen LogP contribution in [0.4, 0.5) is 0 Å². The zero-order valence-corrected chi connectivity index (χ0v) is 12.7. The monoisotopic (exact) mass is 300 g/mol. The summed E-state index contributed by atoms with van der Waals surface area (Å²) in [6.07, 6.45) is 1.000. The van der Waals surface area contributed by atoms with Gasteiger partial charge >= 0.3 is 0 Å². The maximum absolute atomic E-state index is 12.6. The predicted octanol–water partition coefficient (Wildman–Crippen LogP) is 3.13. The maximum Gasteiger partial charge on any atom is 0.254 e. The molecule has 1 heterocycles. The fourth-order valence-electron chi connectivity index (χ4n) is 2.51. The van der Waals surface area contributed by atoms with Gasteiger partial charge in [0.1, 0.15) is 0 Å². The molecule has 1 fully saturated rings. The van der Waals surface area contributed by atoms with Crippen molar-refractivity contribution in [2.75, 3.05) is 19.6 Å². The summed E-state index contributed by atoms with van der Waals surface area (Å²) in [5, 5.41) is 4.24. The van der Waals surface area contributed by atoms with Crippen molar-refractivity contribution < 1.29 is 4.79 Å². The first-order valence-corrected chi connectivity index (χ1v) is 7.28. The van der Waals surface area contributed by atoms with Crippen molar-refractivity contribution in [1.82, 2.24) is 10.2 Å². The summed E-state index contributed by atoms with van der Waals surface area (Å²) in [4.78, 5) is 14.6. The van der Waals surface area contributed by atoms with Gasteiger partial charge in [-0.2, -0.15) is 0 Å². The number of rotatable bonds is 3.